The molecule has 1 saturated heterocycles. The average Bonchev–Trinajstić information content (AvgIpc) is 2.80. The third kappa shape index (κ3) is 4.12. The predicted octanol–water partition coefficient (Wildman–Crippen LogP) is 2.66. The first-order valence-corrected chi connectivity index (χ1v) is 8.84. The van der Waals surface area contributed by atoms with Crippen LogP contribution in [0, 0.1) is 5.92 Å². The monoisotopic (exact) mass is 365 g/mol. The predicted molar refractivity (Wildman–Crippen MR) is 96.1 cm³/mol. The van der Waals surface area contributed by atoms with Crippen molar-refractivity contribution in [3.05, 3.63) is 34.9 Å². The van der Waals surface area contributed by atoms with E-state index in [2.05, 4.69) is 24.5 Å². The lowest BCUT2D eigenvalue weighted by molar-refractivity contribution is -0.135. The number of nitrogens with one attached hydrogen (secondary N) is 2. The molecule has 4 amide bonds. The summed E-state index contributed by atoms with van der Waals surface area (Å²) in [5.41, 5.74) is -0.500. The molecule has 0 saturated carbocycles. The Morgan fingerprint density at radius 2 is 1.92 bits per heavy atom. The molecule has 25 heavy (non-hydrogen) atoms. The van der Waals surface area contributed by atoms with Crippen molar-refractivity contribution < 1.29 is 14.4 Å². The van der Waals surface area contributed by atoms with Crippen LogP contribution in [0.5, 0.6) is 0 Å². The van der Waals surface area contributed by atoms with Crippen molar-refractivity contribution in [3.8, 4) is 0 Å². The summed E-state index contributed by atoms with van der Waals surface area (Å²) < 4.78 is 0. The largest absolute Gasteiger partial charge is 0.355 e. The first-order valence-electron chi connectivity index (χ1n) is 8.47. The van der Waals surface area contributed by atoms with Crippen LogP contribution in [-0.4, -0.2) is 35.8 Å². The normalized spacial score (nSPS) is 20.1. The Morgan fingerprint density at radius 1 is 1.28 bits per heavy atom. The van der Waals surface area contributed by atoms with E-state index in [1.54, 1.807) is 24.3 Å². The molecule has 1 atom stereocenters. The number of nitrogens with zero attached hydrogens (tertiary/aromatic N) is 1. The maximum absolute atomic E-state index is 12.9. The van der Waals surface area contributed by atoms with E-state index in [0.717, 1.165) is 11.3 Å². The molecule has 1 heterocycles. The number of rotatable bonds is 7. The van der Waals surface area contributed by atoms with E-state index in [9.17, 15) is 14.4 Å². The van der Waals surface area contributed by atoms with Gasteiger partial charge >= 0.3 is 6.03 Å². The fourth-order valence-corrected chi connectivity index (χ4v) is 2.97. The van der Waals surface area contributed by atoms with Crippen molar-refractivity contribution in [2.24, 2.45) is 5.92 Å². The van der Waals surface area contributed by atoms with E-state index in [1.165, 1.54) is 0 Å². The third-order valence-electron chi connectivity index (χ3n) is 4.39. The second kappa shape index (κ2) is 7.87. The minimum Gasteiger partial charge on any atom is -0.355 e. The van der Waals surface area contributed by atoms with Crippen LogP contribution in [0.1, 0.15) is 39.2 Å². The highest BCUT2D eigenvalue weighted by molar-refractivity contribution is 6.30. The molecular formula is C18H24ClN3O3. The Hall–Kier alpha value is -2.08. The van der Waals surface area contributed by atoms with E-state index >= 15 is 0 Å². The average molecular weight is 366 g/mol. The van der Waals surface area contributed by atoms with E-state index in [-0.39, 0.29) is 12.5 Å². The second-order valence-electron chi connectivity index (χ2n) is 6.62. The number of imide groups is 1. The maximum Gasteiger partial charge on any atom is 0.325 e. The molecule has 1 aromatic rings. The molecule has 1 aliphatic heterocycles. The second-order valence-corrected chi connectivity index (χ2v) is 7.06. The highest BCUT2D eigenvalue weighted by Crippen LogP contribution is 2.32. The summed E-state index contributed by atoms with van der Waals surface area (Å²) in [5.74, 6) is -0.289. The lowest BCUT2D eigenvalue weighted by atomic mass is 9.87. The fourth-order valence-electron chi connectivity index (χ4n) is 2.84. The maximum atomic E-state index is 12.9. The number of hydrogen-bond acceptors (Lipinski definition) is 3. The molecule has 0 aliphatic carbocycles. The number of halogens is 1. The van der Waals surface area contributed by atoms with Gasteiger partial charge in [-0.15, -0.1) is 0 Å². The van der Waals surface area contributed by atoms with Gasteiger partial charge in [-0.2, -0.15) is 0 Å². The van der Waals surface area contributed by atoms with Gasteiger partial charge < -0.3 is 10.6 Å². The van der Waals surface area contributed by atoms with Crippen molar-refractivity contribution in [2.75, 3.05) is 13.1 Å². The first-order chi connectivity index (χ1) is 11.8. The molecule has 136 valence electrons. The SMILES string of the molecule is CCC1(c2ccc(Cl)cc2)NC(=O)N(CC(=O)NCCC(C)C)C1=O. The van der Waals surface area contributed by atoms with Crippen LogP contribution < -0.4 is 10.6 Å². The zero-order valence-corrected chi connectivity index (χ0v) is 15.5. The number of urea groups is 1. The molecule has 6 nitrogen and oxygen atoms in total. The van der Waals surface area contributed by atoms with Crippen molar-refractivity contribution >= 4 is 29.4 Å². The van der Waals surface area contributed by atoms with Crippen LogP contribution in [0.25, 0.3) is 0 Å². The summed E-state index contributed by atoms with van der Waals surface area (Å²) in [7, 11) is 0. The third-order valence-corrected chi connectivity index (χ3v) is 4.64. The van der Waals surface area contributed by atoms with Crippen molar-refractivity contribution in [2.45, 2.75) is 39.2 Å². The van der Waals surface area contributed by atoms with Crippen LogP contribution in [-0.2, 0) is 15.1 Å². The molecule has 0 aromatic heterocycles. The Morgan fingerprint density at radius 3 is 2.48 bits per heavy atom. The Kier molecular flexibility index (Phi) is 6.06. The van der Waals surface area contributed by atoms with Crippen LogP contribution in [0.4, 0.5) is 4.79 Å². The summed E-state index contributed by atoms with van der Waals surface area (Å²) in [4.78, 5) is 38.2. The quantitative estimate of drug-likeness (QED) is 0.729. The minimum absolute atomic E-state index is 0.280. The molecule has 0 radical (unpaired) electrons. The van der Waals surface area contributed by atoms with Gasteiger partial charge in [-0.3, -0.25) is 14.5 Å². The van der Waals surface area contributed by atoms with Gasteiger partial charge in [0.2, 0.25) is 5.91 Å². The standard InChI is InChI=1S/C18H24ClN3O3/c1-4-18(13-5-7-14(19)8-6-13)16(24)22(17(25)21-18)11-15(23)20-10-9-12(2)3/h5-8,12H,4,9-11H2,1-3H3,(H,20,23)(H,21,25). The molecule has 1 unspecified atom stereocenters. The van der Waals surface area contributed by atoms with Crippen LogP contribution in [0.2, 0.25) is 5.02 Å². The van der Waals surface area contributed by atoms with Gasteiger partial charge in [0.05, 0.1) is 0 Å². The first kappa shape index (κ1) is 19.2. The van der Waals surface area contributed by atoms with Crippen LogP contribution >= 0.6 is 11.6 Å². The van der Waals surface area contributed by atoms with Gasteiger partial charge in [0.1, 0.15) is 12.1 Å². The van der Waals surface area contributed by atoms with Gasteiger partial charge in [0, 0.05) is 11.6 Å². The summed E-state index contributed by atoms with van der Waals surface area (Å²) in [6.07, 6.45) is 1.22. The smallest absolute Gasteiger partial charge is 0.325 e. The van der Waals surface area contributed by atoms with Gasteiger partial charge in [-0.05, 0) is 36.5 Å². The number of amides is 4. The summed E-state index contributed by atoms with van der Waals surface area (Å²) in [5, 5.41) is 6.04. The molecule has 1 aliphatic rings. The lowest BCUT2D eigenvalue weighted by Gasteiger charge is -2.25. The number of carbonyl (C=O) groups is 3. The topological polar surface area (TPSA) is 78.5 Å². The van der Waals surface area contributed by atoms with Crippen molar-refractivity contribution in [1.82, 2.24) is 15.5 Å². The van der Waals surface area contributed by atoms with E-state index in [0.29, 0.717) is 29.5 Å². The molecule has 0 spiro atoms. The fraction of sp³-hybridized carbons (Fsp3) is 0.500. The number of carbonyl (C=O) groups excluding carboxylic acids is 3. The van der Waals surface area contributed by atoms with Crippen molar-refractivity contribution in [3.63, 3.8) is 0 Å². The summed E-state index contributed by atoms with van der Waals surface area (Å²) in [6.45, 7) is 6.18. The lowest BCUT2D eigenvalue weighted by Crippen LogP contribution is -2.45. The summed E-state index contributed by atoms with van der Waals surface area (Å²) in [6, 6.07) is 6.23. The number of hydrogen-bond donors (Lipinski definition) is 2. The minimum atomic E-state index is -1.15. The molecular weight excluding hydrogens is 342 g/mol. The highest BCUT2D eigenvalue weighted by atomic mass is 35.5. The molecule has 2 rings (SSSR count). The molecule has 1 fully saturated rings. The van der Waals surface area contributed by atoms with Crippen LogP contribution in [0.15, 0.2) is 24.3 Å². The van der Waals surface area contributed by atoms with E-state index in [4.69, 9.17) is 11.6 Å². The Bertz CT molecular complexity index is 660. The van der Waals surface area contributed by atoms with E-state index in [1.807, 2.05) is 6.92 Å². The molecule has 7 heteroatoms. The van der Waals surface area contributed by atoms with Gasteiger partial charge in [-0.25, -0.2) is 4.79 Å². The van der Waals surface area contributed by atoms with Gasteiger partial charge in [0.25, 0.3) is 5.91 Å². The van der Waals surface area contributed by atoms with Crippen molar-refractivity contribution in [1.29, 1.82) is 0 Å². The van der Waals surface area contributed by atoms with Gasteiger partial charge in [0.15, 0.2) is 0 Å². The van der Waals surface area contributed by atoms with E-state index < -0.39 is 17.5 Å². The Balaban J connectivity index is 2.12. The molecule has 1 aromatic carbocycles. The van der Waals surface area contributed by atoms with Crippen LogP contribution in [0.3, 0.4) is 0 Å². The Labute approximate surface area is 152 Å². The zero-order valence-electron chi connectivity index (χ0n) is 14.8. The highest BCUT2D eigenvalue weighted by Gasteiger charge is 2.51. The van der Waals surface area contributed by atoms with Gasteiger partial charge in [-0.1, -0.05) is 44.5 Å². The zero-order chi connectivity index (χ0) is 18.6. The molecule has 0 bridgehead atoms. The number of benzene rings is 1. The summed E-state index contributed by atoms with van der Waals surface area (Å²) >= 11 is 5.90. The molecule has 2 N–H and O–H groups in total.